The molecule has 1 fully saturated rings. The van der Waals surface area contributed by atoms with Crippen LogP contribution in [-0.2, 0) is 9.84 Å². The van der Waals surface area contributed by atoms with Gasteiger partial charge in [0, 0.05) is 19.3 Å². The number of benzene rings is 1. The van der Waals surface area contributed by atoms with Crippen molar-refractivity contribution in [2.75, 3.05) is 31.7 Å². The van der Waals surface area contributed by atoms with Crippen LogP contribution < -0.4 is 10.1 Å². The second kappa shape index (κ2) is 8.19. The Labute approximate surface area is 162 Å². The Bertz CT molecular complexity index is 958. The van der Waals surface area contributed by atoms with Crippen molar-refractivity contribution < 1.29 is 22.3 Å². The average Bonchev–Trinajstić information content (AvgIpc) is 2.65. The molecule has 28 heavy (non-hydrogen) atoms. The maximum Gasteiger partial charge on any atom is 0.293 e. The molecule has 1 aromatic carbocycles. The molecule has 2 aromatic rings. The third-order valence-corrected chi connectivity index (χ3v) is 5.53. The number of ether oxygens (including phenoxy) is 1. The third kappa shape index (κ3) is 5.02. The Morgan fingerprint density at radius 3 is 2.46 bits per heavy atom. The second-order valence-corrected chi connectivity index (χ2v) is 8.75. The number of nitrogens with one attached hydrogen (secondary N) is 1. The van der Waals surface area contributed by atoms with Gasteiger partial charge in [-0.3, -0.25) is 4.79 Å². The van der Waals surface area contributed by atoms with Crippen LogP contribution >= 0.6 is 0 Å². The standard InChI is InChI=1S/C18H21FN4O4S/c1-23-7-5-12(6-8-23)27-13-10-20-17(21-11-13)18(24)22-16-4-3-14(9-15(16)19)28(2,25)26/h3-4,9-12H,5-8H2,1-2H3,(H,22,24). The van der Waals surface area contributed by atoms with Crippen molar-refractivity contribution in [1.29, 1.82) is 0 Å². The van der Waals surface area contributed by atoms with E-state index in [0.717, 1.165) is 38.3 Å². The highest BCUT2D eigenvalue weighted by Gasteiger charge is 2.19. The molecule has 0 atom stereocenters. The topological polar surface area (TPSA) is 101 Å². The summed E-state index contributed by atoms with van der Waals surface area (Å²) in [7, 11) is -1.48. The highest BCUT2D eigenvalue weighted by molar-refractivity contribution is 7.90. The number of rotatable bonds is 5. The lowest BCUT2D eigenvalue weighted by atomic mass is 10.1. The molecule has 1 saturated heterocycles. The summed E-state index contributed by atoms with van der Waals surface area (Å²) in [5.41, 5.74) is -0.160. The summed E-state index contributed by atoms with van der Waals surface area (Å²) in [4.78, 5) is 22.2. The van der Waals surface area contributed by atoms with E-state index in [0.29, 0.717) is 5.75 Å². The van der Waals surface area contributed by atoms with Gasteiger partial charge in [0.2, 0.25) is 5.82 Å². The zero-order valence-electron chi connectivity index (χ0n) is 15.6. The van der Waals surface area contributed by atoms with Crippen LogP contribution in [-0.4, -0.2) is 61.7 Å². The second-order valence-electron chi connectivity index (χ2n) is 6.73. The smallest absolute Gasteiger partial charge is 0.293 e. The summed E-state index contributed by atoms with van der Waals surface area (Å²) in [6.07, 6.45) is 5.68. The Kier molecular flexibility index (Phi) is 5.90. The molecule has 1 aromatic heterocycles. The average molecular weight is 408 g/mol. The van der Waals surface area contributed by atoms with Crippen molar-refractivity contribution >= 4 is 21.4 Å². The summed E-state index contributed by atoms with van der Waals surface area (Å²) in [5.74, 6) is -1.26. The van der Waals surface area contributed by atoms with E-state index in [2.05, 4.69) is 27.2 Å². The SMILES string of the molecule is CN1CCC(Oc2cnc(C(=O)Nc3ccc(S(C)(=O)=O)cc3F)nc2)CC1. The first-order chi connectivity index (χ1) is 13.2. The van der Waals surface area contributed by atoms with Crippen molar-refractivity contribution in [3.63, 3.8) is 0 Å². The first-order valence-electron chi connectivity index (χ1n) is 8.70. The number of anilines is 1. The Morgan fingerprint density at radius 2 is 1.89 bits per heavy atom. The zero-order valence-corrected chi connectivity index (χ0v) is 16.4. The predicted octanol–water partition coefficient (Wildman–Crippen LogP) is 1.74. The summed E-state index contributed by atoms with van der Waals surface area (Å²) in [6, 6.07) is 3.25. The lowest BCUT2D eigenvalue weighted by Crippen LogP contribution is -2.35. The first-order valence-corrected chi connectivity index (χ1v) is 10.6. The molecule has 1 amide bonds. The lowest BCUT2D eigenvalue weighted by Gasteiger charge is -2.29. The van der Waals surface area contributed by atoms with Crippen LogP contribution in [0.2, 0.25) is 0 Å². The van der Waals surface area contributed by atoms with E-state index in [-0.39, 0.29) is 22.5 Å². The zero-order chi connectivity index (χ0) is 20.3. The maximum atomic E-state index is 14.1. The molecule has 0 spiro atoms. The molecule has 1 N–H and O–H groups in total. The largest absolute Gasteiger partial charge is 0.487 e. The van der Waals surface area contributed by atoms with E-state index < -0.39 is 21.6 Å². The van der Waals surface area contributed by atoms with Crippen molar-refractivity contribution in [2.45, 2.75) is 23.8 Å². The van der Waals surface area contributed by atoms with Crippen LogP contribution in [0.15, 0.2) is 35.5 Å². The number of amides is 1. The fourth-order valence-electron chi connectivity index (χ4n) is 2.80. The first kappa shape index (κ1) is 20.2. The molecular weight excluding hydrogens is 387 g/mol. The van der Waals surface area contributed by atoms with Gasteiger partial charge in [-0.15, -0.1) is 0 Å². The molecule has 10 heteroatoms. The van der Waals surface area contributed by atoms with E-state index in [1.165, 1.54) is 24.5 Å². The molecule has 8 nitrogen and oxygen atoms in total. The van der Waals surface area contributed by atoms with Gasteiger partial charge in [0.15, 0.2) is 15.6 Å². The number of nitrogens with zero attached hydrogens (tertiary/aromatic N) is 3. The highest BCUT2D eigenvalue weighted by atomic mass is 32.2. The van der Waals surface area contributed by atoms with Crippen molar-refractivity contribution in [2.24, 2.45) is 0 Å². The van der Waals surface area contributed by atoms with Gasteiger partial charge >= 0.3 is 0 Å². The van der Waals surface area contributed by atoms with E-state index in [1.54, 1.807) is 0 Å². The van der Waals surface area contributed by atoms with Gasteiger partial charge in [0.05, 0.1) is 23.0 Å². The minimum absolute atomic E-state index is 0.0851. The van der Waals surface area contributed by atoms with Crippen LogP contribution in [0.3, 0.4) is 0 Å². The van der Waals surface area contributed by atoms with Gasteiger partial charge in [0.25, 0.3) is 5.91 Å². The summed E-state index contributed by atoms with van der Waals surface area (Å²) < 4.78 is 42.8. The fourth-order valence-corrected chi connectivity index (χ4v) is 3.43. The molecule has 3 rings (SSSR count). The number of carbonyl (C=O) groups is 1. The predicted molar refractivity (Wildman–Crippen MR) is 101 cm³/mol. The number of piperidine rings is 1. The van der Waals surface area contributed by atoms with E-state index in [4.69, 9.17) is 4.74 Å². The molecular formula is C18H21FN4O4S. The molecule has 0 bridgehead atoms. The minimum atomic E-state index is -3.54. The number of halogens is 1. The number of hydrogen-bond acceptors (Lipinski definition) is 7. The van der Waals surface area contributed by atoms with E-state index in [1.807, 2.05) is 0 Å². The van der Waals surface area contributed by atoms with Crippen molar-refractivity contribution in [3.05, 3.63) is 42.2 Å². The van der Waals surface area contributed by atoms with Gasteiger partial charge in [0.1, 0.15) is 11.9 Å². The van der Waals surface area contributed by atoms with Gasteiger partial charge in [-0.2, -0.15) is 0 Å². The molecule has 1 aliphatic heterocycles. The Balaban J connectivity index is 1.63. The van der Waals surface area contributed by atoms with Crippen molar-refractivity contribution in [1.82, 2.24) is 14.9 Å². The molecule has 150 valence electrons. The minimum Gasteiger partial charge on any atom is -0.487 e. The fraction of sp³-hybridized carbons (Fsp3) is 0.389. The van der Waals surface area contributed by atoms with Gasteiger partial charge in [-0.05, 0) is 38.1 Å². The number of carbonyl (C=O) groups excluding carboxylic acids is 1. The Morgan fingerprint density at radius 1 is 1.25 bits per heavy atom. The molecule has 1 aliphatic rings. The number of sulfone groups is 1. The van der Waals surface area contributed by atoms with Crippen LogP contribution in [0, 0.1) is 5.82 Å². The number of hydrogen-bond donors (Lipinski definition) is 1. The number of likely N-dealkylation sites (tertiary alicyclic amines) is 1. The molecule has 0 saturated carbocycles. The summed E-state index contributed by atoms with van der Waals surface area (Å²) >= 11 is 0. The Hall–Kier alpha value is -2.59. The van der Waals surface area contributed by atoms with Crippen LogP contribution in [0.5, 0.6) is 5.75 Å². The molecule has 0 unspecified atom stereocenters. The lowest BCUT2D eigenvalue weighted by molar-refractivity contribution is 0.101. The molecule has 0 radical (unpaired) electrons. The van der Waals surface area contributed by atoms with Crippen molar-refractivity contribution in [3.8, 4) is 5.75 Å². The van der Waals surface area contributed by atoms with E-state index in [9.17, 15) is 17.6 Å². The third-order valence-electron chi connectivity index (χ3n) is 4.42. The van der Waals surface area contributed by atoms with Crippen LogP contribution in [0.4, 0.5) is 10.1 Å². The van der Waals surface area contributed by atoms with Gasteiger partial charge in [-0.1, -0.05) is 0 Å². The molecule has 0 aliphatic carbocycles. The number of aromatic nitrogens is 2. The van der Waals surface area contributed by atoms with Crippen LogP contribution in [0.1, 0.15) is 23.5 Å². The normalized spacial score (nSPS) is 16.0. The van der Waals surface area contributed by atoms with Gasteiger partial charge < -0.3 is 15.0 Å². The maximum absolute atomic E-state index is 14.1. The highest BCUT2D eigenvalue weighted by Crippen LogP contribution is 2.20. The summed E-state index contributed by atoms with van der Waals surface area (Å²) in [5, 5.41) is 2.33. The van der Waals surface area contributed by atoms with E-state index >= 15 is 0 Å². The molecule has 2 heterocycles. The summed E-state index contributed by atoms with van der Waals surface area (Å²) in [6.45, 7) is 1.91. The van der Waals surface area contributed by atoms with Crippen LogP contribution in [0.25, 0.3) is 0 Å². The monoisotopic (exact) mass is 408 g/mol. The quantitative estimate of drug-likeness (QED) is 0.804. The van der Waals surface area contributed by atoms with Gasteiger partial charge in [-0.25, -0.2) is 22.8 Å².